The molecule has 6 nitrogen and oxygen atoms in total. The number of nitrogens with zero attached hydrogens (tertiary/aromatic N) is 3. The SMILES string of the molecule is O=C(CSc1nnc(CC23CC4CC(CC(C4)C2)C3)n1C1CC1)Nc1ccccc1OC(F)F. The number of alkyl halides is 2. The van der Waals surface area contributed by atoms with Crippen molar-refractivity contribution in [3.05, 3.63) is 30.1 Å². The number of benzene rings is 1. The summed E-state index contributed by atoms with van der Waals surface area (Å²) < 4.78 is 32.1. The van der Waals surface area contributed by atoms with Gasteiger partial charge in [0.2, 0.25) is 5.91 Å². The van der Waals surface area contributed by atoms with Crippen LogP contribution in [0, 0.1) is 23.2 Å². The molecule has 5 saturated carbocycles. The molecule has 7 rings (SSSR count). The molecule has 9 heteroatoms. The van der Waals surface area contributed by atoms with Crippen LogP contribution in [0.25, 0.3) is 0 Å². The predicted octanol–water partition coefficient (Wildman–Crippen LogP) is 5.70. The summed E-state index contributed by atoms with van der Waals surface area (Å²) in [7, 11) is 0. The number of carbonyl (C=O) groups excluding carboxylic acids is 1. The lowest BCUT2D eigenvalue weighted by Crippen LogP contribution is -2.47. The number of hydrogen-bond acceptors (Lipinski definition) is 5. The van der Waals surface area contributed by atoms with Gasteiger partial charge in [-0.25, -0.2) is 0 Å². The number of thioether (sulfide) groups is 1. The lowest BCUT2D eigenvalue weighted by molar-refractivity contribution is -0.113. The number of carbonyl (C=O) groups is 1. The molecule has 0 atom stereocenters. The first-order valence-corrected chi connectivity index (χ1v) is 13.4. The Hall–Kier alpha value is -2.16. The Morgan fingerprint density at radius 3 is 2.44 bits per heavy atom. The van der Waals surface area contributed by atoms with Crippen molar-refractivity contribution >= 4 is 23.4 Å². The summed E-state index contributed by atoms with van der Waals surface area (Å²) in [5.74, 6) is 3.58. The Morgan fingerprint density at radius 1 is 1.12 bits per heavy atom. The van der Waals surface area contributed by atoms with E-state index >= 15 is 0 Å². The molecule has 1 aromatic carbocycles. The van der Waals surface area contributed by atoms with Gasteiger partial charge in [-0.2, -0.15) is 8.78 Å². The van der Waals surface area contributed by atoms with Crippen LogP contribution < -0.4 is 10.1 Å². The van der Waals surface area contributed by atoms with Crippen LogP contribution in [0.2, 0.25) is 0 Å². The molecular formula is C25H30F2N4O2S. The summed E-state index contributed by atoms with van der Waals surface area (Å²) in [6.07, 6.45) is 11.5. The molecule has 0 spiro atoms. The molecule has 0 radical (unpaired) electrons. The zero-order valence-electron chi connectivity index (χ0n) is 19.1. The second-order valence-electron chi connectivity index (χ2n) is 10.8. The van der Waals surface area contributed by atoms with Crippen molar-refractivity contribution in [2.24, 2.45) is 23.2 Å². The minimum Gasteiger partial charge on any atom is -0.433 e. The molecule has 1 aromatic heterocycles. The van der Waals surface area contributed by atoms with E-state index < -0.39 is 6.61 Å². The molecule has 2 aromatic rings. The Labute approximate surface area is 202 Å². The van der Waals surface area contributed by atoms with Gasteiger partial charge < -0.3 is 14.6 Å². The number of nitrogens with one attached hydrogen (secondary N) is 1. The number of aromatic nitrogens is 3. The molecular weight excluding hydrogens is 458 g/mol. The van der Waals surface area contributed by atoms with Gasteiger partial charge in [-0.05, 0) is 86.7 Å². The Balaban J connectivity index is 1.13. The van der Waals surface area contributed by atoms with Crippen LogP contribution in [0.5, 0.6) is 5.75 Å². The van der Waals surface area contributed by atoms with E-state index in [1.54, 1.807) is 18.2 Å². The van der Waals surface area contributed by atoms with Gasteiger partial charge in [-0.15, -0.1) is 10.2 Å². The van der Waals surface area contributed by atoms with E-state index in [2.05, 4.69) is 24.8 Å². The second-order valence-corrected chi connectivity index (χ2v) is 11.7. The first-order valence-electron chi connectivity index (χ1n) is 12.4. The fraction of sp³-hybridized carbons (Fsp3) is 0.640. The summed E-state index contributed by atoms with van der Waals surface area (Å²) >= 11 is 1.36. The van der Waals surface area contributed by atoms with Gasteiger partial charge in [0.1, 0.15) is 11.6 Å². The van der Waals surface area contributed by atoms with Gasteiger partial charge in [0.15, 0.2) is 5.16 Å². The zero-order valence-corrected chi connectivity index (χ0v) is 19.9. The van der Waals surface area contributed by atoms with E-state index in [-0.39, 0.29) is 23.1 Å². The highest BCUT2D eigenvalue weighted by molar-refractivity contribution is 7.99. The van der Waals surface area contributed by atoms with Crippen LogP contribution in [0.4, 0.5) is 14.5 Å². The van der Waals surface area contributed by atoms with E-state index in [9.17, 15) is 13.6 Å². The Bertz CT molecular complexity index is 1040. The second kappa shape index (κ2) is 8.81. The summed E-state index contributed by atoms with van der Waals surface area (Å²) in [6.45, 7) is -2.95. The molecule has 4 bridgehead atoms. The summed E-state index contributed by atoms with van der Waals surface area (Å²) in [4.78, 5) is 12.6. The highest BCUT2D eigenvalue weighted by Gasteiger charge is 2.51. The molecule has 34 heavy (non-hydrogen) atoms. The van der Waals surface area contributed by atoms with Crippen molar-refractivity contribution in [1.29, 1.82) is 0 Å². The van der Waals surface area contributed by atoms with Crippen molar-refractivity contribution in [2.75, 3.05) is 11.1 Å². The summed E-state index contributed by atoms with van der Waals surface area (Å²) in [5.41, 5.74) is 0.627. The fourth-order valence-electron chi connectivity index (χ4n) is 7.15. The number of anilines is 1. The Kier molecular flexibility index (Phi) is 5.78. The maximum atomic E-state index is 12.6. The summed E-state index contributed by atoms with van der Waals surface area (Å²) in [5, 5.41) is 12.6. The van der Waals surface area contributed by atoms with E-state index in [0.29, 0.717) is 11.5 Å². The molecule has 1 N–H and O–H groups in total. The van der Waals surface area contributed by atoms with Crippen LogP contribution in [-0.4, -0.2) is 33.0 Å². The molecule has 1 heterocycles. The highest BCUT2D eigenvalue weighted by atomic mass is 32.2. The number of rotatable bonds is 9. The smallest absolute Gasteiger partial charge is 0.387 e. The van der Waals surface area contributed by atoms with Crippen LogP contribution in [0.3, 0.4) is 0 Å². The molecule has 5 aliphatic rings. The van der Waals surface area contributed by atoms with E-state index in [4.69, 9.17) is 0 Å². The third-order valence-electron chi connectivity index (χ3n) is 8.05. The van der Waals surface area contributed by atoms with Crippen LogP contribution >= 0.6 is 11.8 Å². The minimum absolute atomic E-state index is 0.0464. The highest BCUT2D eigenvalue weighted by Crippen LogP contribution is 2.61. The largest absolute Gasteiger partial charge is 0.433 e. The predicted molar refractivity (Wildman–Crippen MR) is 125 cm³/mol. The van der Waals surface area contributed by atoms with E-state index in [1.165, 1.54) is 56.4 Å². The van der Waals surface area contributed by atoms with E-state index in [1.807, 2.05) is 0 Å². The van der Waals surface area contributed by atoms with Crippen molar-refractivity contribution in [3.8, 4) is 5.75 Å². The van der Waals surface area contributed by atoms with Crippen molar-refractivity contribution < 1.29 is 18.3 Å². The van der Waals surface area contributed by atoms with Crippen LogP contribution in [-0.2, 0) is 11.2 Å². The molecule has 0 aliphatic heterocycles. The van der Waals surface area contributed by atoms with Crippen molar-refractivity contribution in [3.63, 3.8) is 0 Å². The topological polar surface area (TPSA) is 69.0 Å². The fourth-order valence-corrected chi connectivity index (χ4v) is 7.98. The van der Waals surface area contributed by atoms with Gasteiger partial charge in [0, 0.05) is 12.5 Å². The number of amides is 1. The lowest BCUT2D eigenvalue weighted by Gasteiger charge is -2.56. The normalized spacial score (nSPS) is 29.6. The van der Waals surface area contributed by atoms with Crippen molar-refractivity contribution in [2.45, 2.75) is 75.6 Å². The van der Waals surface area contributed by atoms with Gasteiger partial charge in [0.25, 0.3) is 0 Å². The maximum Gasteiger partial charge on any atom is 0.387 e. The maximum absolute atomic E-state index is 12.6. The summed E-state index contributed by atoms with van der Waals surface area (Å²) in [6, 6.07) is 6.66. The lowest BCUT2D eigenvalue weighted by atomic mass is 9.49. The first-order chi connectivity index (χ1) is 16.5. The van der Waals surface area contributed by atoms with Crippen LogP contribution in [0.1, 0.15) is 63.2 Å². The number of halogens is 2. The average Bonchev–Trinajstić information content (AvgIpc) is 3.53. The minimum atomic E-state index is -2.95. The number of ether oxygens (including phenoxy) is 1. The van der Waals surface area contributed by atoms with Crippen molar-refractivity contribution in [1.82, 2.24) is 14.8 Å². The third kappa shape index (κ3) is 4.55. The zero-order chi connectivity index (χ0) is 23.3. The first kappa shape index (κ1) is 22.3. The van der Waals surface area contributed by atoms with Gasteiger partial charge in [-0.1, -0.05) is 23.9 Å². The Morgan fingerprint density at radius 2 is 1.79 bits per heavy atom. The monoisotopic (exact) mass is 488 g/mol. The van der Waals surface area contributed by atoms with Crippen LogP contribution in [0.15, 0.2) is 29.4 Å². The van der Waals surface area contributed by atoms with Gasteiger partial charge in [0.05, 0.1) is 11.4 Å². The molecule has 1 amide bonds. The third-order valence-corrected chi connectivity index (χ3v) is 9.00. The van der Waals surface area contributed by atoms with Gasteiger partial charge >= 0.3 is 6.61 Å². The molecule has 0 saturated heterocycles. The quantitative estimate of drug-likeness (QED) is 0.458. The average molecular weight is 489 g/mol. The molecule has 5 fully saturated rings. The molecule has 5 aliphatic carbocycles. The standard InChI is InChI=1S/C25H30F2N4O2S/c26-23(27)33-20-4-2-1-3-19(20)28-22(32)14-34-24-30-29-21(31(24)18-5-6-18)13-25-10-15-7-16(11-25)9-17(8-15)12-25/h1-4,15-18,23H,5-14H2,(H,28,32). The molecule has 182 valence electrons. The number of hydrogen-bond donors (Lipinski definition) is 1. The molecule has 0 unspecified atom stereocenters. The van der Waals surface area contributed by atoms with Gasteiger partial charge in [-0.3, -0.25) is 4.79 Å². The number of para-hydroxylation sites is 2. The van der Waals surface area contributed by atoms with E-state index in [0.717, 1.165) is 48.0 Å².